The summed E-state index contributed by atoms with van der Waals surface area (Å²) < 4.78 is 5.04. The average molecular weight is 364 g/mol. The van der Waals surface area contributed by atoms with Crippen LogP contribution in [0, 0.1) is 5.92 Å². The number of carbonyl (C=O) groups excluding carboxylic acids is 1. The minimum Gasteiger partial charge on any atom is -0.472 e. The normalized spacial score (nSPS) is 17.0. The fourth-order valence-corrected chi connectivity index (χ4v) is 3.23. The average Bonchev–Trinajstić information content (AvgIpc) is 3.19. The molecule has 3 rings (SSSR count). The summed E-state index contributed by atoms with van der Waals surface area (Å²) >= 11 is 1.54. The summed E-state index contributed by atoms with van der Waals surface area (Å²) in [5.41, 5.74) is 7.43. The van der Waals surface area contributed by atoms with Crippen LogP contribution in [-0.4, -0.2) is 35.4 Å². The van der Waals surface area contributed by atoms with E-state index in [1.54, 1.807) is 12.5 Å². The van der Waals surface area contributed by atoms with E-state index in [-0.39, 0.29) is 30.7 Å². The lowest BCUT2D eigenvalue weighted by Gasteiger charge is -2.15. The van der Waals surface area contributed by atoms with Crippen LogP contribution in [0.1, 0.15) is 12.1 Å². The molecular weight excluding hydrogens is 345 g/mol. The highest BCUT2D eigenvalue weighted by Gasteiger charge is 2.25. The van der Waals surface area contributed by atoms with Crippen LogP contribution in [-0.2, 0) is 11.2 Å². The Kier molecular flexibility index (Phi) is 7.35. The third kappa shape index (κ3) is 4.23. The number of hydrogen-bond acceptors (Lipinski definition) is 5. The van der Waals surface area contributed by atoms with Gasteiger partial charge in [-0.2, -0.15) is 0 Å². The van der Waals surface area contributed by atoms with Gasteiger partial charge in [0.25, 0.3) is 0 Å². The van der Waals surface area contributed by atoms with Gasteiger partial charge in [0, 0.05) is 24.0 Å². The van der Waals surface area contributed by atoms with Crippen molar-refractivity contribution < 1.29 is 9.21 Å². The van der Waals surface area contributed by atoms with Gasteiger partial charge in [0.15, 0.2) is 0 Å². The number of nitrogens with zero attached hydrogens (tertiary/aromatic N) is 2. The maximum atomic E-state index is 12.2. The van der Waals surface area contributed by atoms with Crippen LogP contribution >= 0.6 is 36.2 Å². The van der Waals surface area contributed by atoms with Crippen molar-refractivity contribution >= 4 is 42.1 Å². The molecule has 2 N–H and O–H groups in total. The number of aromatic nitrogens is 1. The maximum Gasteiger partial charge on any atom is 0.228 e. The van der Waals surface area contributed by atoms with E-state index in [9.17, 15) is 4.79 Å². The summed E-state index contributed by atoms with van der Waals surface area (Å²) in [4.78, 5) is 18.6. The predicted molar refractivity (Wildman–Crippen MR) is 91.8 cm³/mol. The minimum absolute atomic E-state index is 0. The Morgan fingerprint density at radius 2 is 2.32 bits per heavy atom. The Morgan fingerprint density at radius 1 is 1.50 bits per heavy atom. The van der Waals surface area contributed by atoms with Crippen LogP contribution in [0.5, 0.6) is 0 Å². The van der Waals surface area contributed by atoms with Crippen molar-refractivity contribution in [3.63, 3.8) is 0 Å². The van der Waals surface area contributed by atoms with Gasteiger partial charge in [0.1, 0.15) is 11.3 Å². The van der Waals surface area contributed by atoms with Crippen LogP contribution in [0.4, 0.5) is 0 Å². The predicted octanol–water partition coefficient (Wildman–Crippen LogP) is 2.60. The van der Waals surface area contributed by atoms with Gasteiger partial charge in [-0.25, -0.2) is 4.98 Å². The Hall–Kier alpha value is -1.08. The second-order valence-corrected chi connectivity index (χ2v) is 5.92. The van der Waals surface area contributed by atoms with Gasteiger partial charge in [0.2, 0.25) is 5.91 Å². The molecule has 1 saturated heterocycles. The molecule has 1 atom stereocenters. The van der Waals surface area contributed by atoms with Gasteiger partial charge in [-0.3, -0.25) is 4.79 Å². The third-order valence-electron chi connectivity index (χ3n) is 3.62. The van der Waals surface area contributed by atoms with E-state index in [1.165, 1.54) is 11.3 Å². The molecule has 1 unspecified atom stereocenters. The second kappa shape index (κ2) is 8.53. The van der Waals surface area contributed by atoms with Crippen LogP contribution in [0.15, 0.2) is 28.4 Å². The number of furan rings is 1. The molecule has 1 aliphatic rings. The Balaban J connectivity index is 0.00000121. The van der Waals surface area contributed by atoms with E-state index in [1.807, 2.05) is 16.3 Å². The monoisotopic (exact) mass is 363 g/mol. The molecule has 3 heterocycles. The largest absolute Gasteiger partial charge is 0.472 e. The highest BCUT2D eigenvalue weighted by atomic mass is 35.5. The van der Waals surface area contributed by atoms with E-state index in [0.29, 0.717) is 18.9 Å². The smallest absolute Gasteiger partial charge is 0.228 e. The van der Waals surface area contributed by atoms with Crippen molar-refractivity contribution in [1.82, 2.24) is 9.88 Å². The number of nitrogens with two attached hydrogens (primary N) is 1. The highest BCUT2D eigenvalue weighted by molar-refractivity contribution is 7.13. The van der Waals surface area contributed by atoms with Crippen molar-refractivity contribution in [3.8, 4) is 10.6 Å². The van der Waals surface area contributed by atoms with Gasteiger partial charge in [-0.1, -0.05) is 0 Å². The number of halogens is 2. The Labute approximate surface area is 145 Å². The van der Waals surface area contributed by atoms with Crippen molar-refractivity contribution in [2.75, 3.05) is 19.6 Å². The molecule has 2 aromatic heterocycles. The number of hydrogen-bond donors (Lipinski definition) is 1. The quantitative estimate of drug-likeness (QED) is 0.905. The number of amides is 1. The number of carbonyl (C=O) groups is 1. The van der Waals surface area contributed by atoms with Crippen molar-refractivity contribution in [1.29, 1.82) is 0 Å². The molecule has 0 aliphatic carbocycles. The number of likely N-dealkylation sites (tertiary alicyclic amines) is 1. The molecule has 0 saturated carbocycles. The van der Waals surface area contributed by atoms with Gasteiger partial charge in [0.05, 0.1) is 18.4 Å². The molecular formula is C14H19Cl2N3O2S. The molecule has 1 amide bonds. The van der Waals surface area contributed by atoms with E-state index in [0.717, 1.165) is 35.8 Å². The summed E-state index contributed by atoms with van der Waals surface area (Å²) in [6.45, 7) is 2.26. The van der Waals surface area contributed by atoms with E-state index >= 15 is 0 Å². The zero-order valence-electron chi connectivity index (χ0n) is 11.9. The van der Waals surface area contributed by atoms with E-state index in [2.05, 4.69) is 4.98 Å². The summed E-state index contributed by atoms with van der Waals surface area (Å²) in [6, 6.07) is 1.87. The SMILES string of the molecule is Cl.Cl.NCC1CCN(C(=O)Cc2csc(-c3ccoc3)n2)C1. The molecule has 0 spiro atoms. The summed E-state index contributed by atoms with van der Waals surface area (Å²) in [5.74, 6) is 0.598. The second-order valence-electron chi connectivity index (χ2n) is 5.06. The van der Waals surface area contributed by atoms with Gasteiger partial charge >= 0.3 is 0 Å². The van der Waals surface area contributed by atoms with Crippen molar-refractivity contribution in [3.05, 3.63) is 29.7 Å². The lowest BCUT2D eigenvalue weighted by molar-refractivity contribution is -0.129. The standard InChI is InChI=1S/C14H17N3O2S.2ClH/c15-6-10-1-3-17(7-10)13(18)5-12-9-20-14(16-12)11-2-4-19-8-11;;/h2,4,8-10H,1,3,5-7,15H2;2*1H. The molecule has 0 radical (unpaired) electrons. The molecule has 0 aromatic carbocycles. The first-order valence-electron chi connectivity index (χ1n) is 6.71. The maximum absolute atomic E-state index is 12.2. The number of rotatable bonds is 4. The first-order valence-corrected chi connectivity index (χ1v) is 7.59. The fraction of sp³-hybridized carbons (Fsp3) is 0.429. The summed E-state index contributed by atoms with van der Waals surface area (Å²) in [6.07, 6.45) is 4.67. The Bertz CT molecular complexity index is 589. The number of thiazole rings is 1. The lowest BCUT2D eigenvalue weighted by Crippen LogP contribution is -2.31. The van der Waals surface area contributed by atoms with Crippen LogP contribution < -0.4 is 5.73 Å². The molecule has 122 valence electrons. The third-order valence-corrected chi connectivity index (χ3v) is 4.56. The molecule has 2 aromatic rings. The summed E-state index contributed by atoms with van der Waals surface area (Å²) in [7, 11) is 0. The molecule has 0 bridgehead atoms. The molecule has 1 aliphatic heterocycles. The van der Waals surface area contributed by atoms with E-state index in [4.69, 9.17) is 10.2 Å². The summed E-state index contributed by atoms with van der Waals surface area (Å²) in [5, 5.41) is 2.83. The van der Waals surface area contributed by atoms with Crippen molar-refractivity contribution in [2.24, 2.45) is 11.7 Å². The van der Waals surface area contributed by atoms with E-state index < -0.39 is 0 Å². The Morgan fingerprint density at radius 3 is 2.95 bits per heavy atom. The highest BCUT2D eigenvalue weighted by Crippen LogP contribution is 2.24. The molecule has 8 heteroatoms. The topological polar surface area (TPSA) is 72.4 Å². The van der Waals surface area contributed by atoms with Gasteiger partial charge in [-0.05, 0) is 24.9 Å². The minimum atomic E-state index is 0. The first-order chi connectivity index (χ1) is 9.76. The lowest BCUT2D eigenvalue weighted by atomic mass is 10.1. The van der Waals surface area contributed by atoms with Crippen molar-refractivity contribution in [2.45, 2.75) is 12.8 Å². The fourth-order valence-electron chi connectivity index (χ4n) is 2.43. The zero-order chi connectivity index (χ0) is 13.9. The molecule has 1 fully saturated rings. The van der Waals surface area contributed by atoms with Crippen LogP contribution in [0.3, 0.4) is 0 Å². The van der Waals surface area contributed by atoms with Gasteiger partial charge in [-0.15, -0.1) is 36.2 Å². The van der Waals surface area contributed by atoms with Crippen LogP contribution in [0.25, 0.3) is 10.6 Å². The van der Waals surface area contributed by atoms with Gasteiger partial charge < -0.3 is 15.1 Å². The first kappa shape index (κ1) is 19.0. The molecule has 22 heavy (non-hydrogen) atoms. The molecule has 5 nitrogen and oxygen atoms in total. The zero-order valence-corrected chi connectivity index (χ0v) is 14.4. The van der Waals surface area contributed by atoms with Crippen LogP contribution in [0.2, 0.25) is 0 Å².